The fraction of sp³-hybridized carbons (Fsp3) is 0.105. The van der Waals surface area contributed by atoms with Crippen LogP contribution in [0, 0.1) is 0 Å². The lowest BCUT2D eigenvalue weighted by molar-refractivity contribution is 0.100. The molecule has 0 spiro atoms. The van der Waals surface area contributed by atoms with Crippen LogP contribution in [0.15, 0.2) is 53.6 Å². The number of carbonyl (C=O) groups is 1. The first-order valence-electron chi connectivity index (χ1n) is 8.77. The van der Waals surface area contributed by atoms with E-state index in [4.69, 9.17) is 20.3 Å². The van der Waals surface area contributed by atoms with Gasteiger partial charge in [0.05, 0.1) is 19.9 Å². The number of benzene rings is 2. The van der Waals surface area contributed by atoms with Crippen molar-refractivity contribution in [3.05, 3.63) is 54.2 Å². The molecule has 6 N–H and O–H groups in total. The molecule has 0 radical (unpaired) electrons. The molecule has 1 heterocycles. The number of hydrogen-bond donors (Lipinski definition) is 4. The number of para-hydroxylation sites is 1. The van der Waals surface area contributed by atoms with E-state index in [9.17, 15) is 13.2 Å². The van der Waals surface area contributed by atoms with Gasteiger partial charge in [-0.25, -0.2) is 18.5 Å². The Kier molecular flexibility index (Phi) is 6.22. The average molecular weight is 444 g/mol. The van der Waals surface area contributed by atoms with Crippen molar-refractivity contribution in [3.8, 4) is 11.5 Å². The second-order valence-corrected chi connectivity index (χ2v) is 7.71. The molecule has 0 aliphatic heterocycles. The maximum absolute atomic E-state index is 11.9. The molecule has 11 nitrogen and oxygen atoms in total. The number of amides is 1. The van der Waals surface area contributed by atoms with E-state index in [0.29, 0.717) is 17.2 Å². The molecule has 1 amide bonds. The number of ether oxygens (including phenoxy) is 2. The molecular formula is C19H20N6O5S. The summed E-state index contributed by atoms with van der Waals surface area (Å²) in [6.07, 6.45) is 1.22. The summed E-state index contributed by atoms with van der Waals surface area (Å²) < 4.78 is 34.2. The quantitative estimate of drug-likeness (QED) is 0.403. The molecule has 0 aliphatic carbocycles. The van der Waals surface area contributed by atoms with Crippen LogP contribution in [0.5, 0.6) is 11.5 Å². The molecule has 3 rings (SSSR count). The van der Waals surface area contributed by atoms with Gasteiger partial charge in [-0.05, 0) is 24.3 Å². The maximum Gasteiger partial charge on any atom is 0.254 e. The summed E-state index contributed by atoms with van der Waals surface area (Å²) in [6.45, 7) is 0. The Labute approximate surface area is 178 Å². The molecule has 3 aromatic rings. The molecule has 0 saturated heterocycles. The first-order chi connectivity index (χ1) is 14.7. The number of rotatable bonds is 8. The normalized spacial score (nSPS) is 10.9. The molecule has 0 bridgehead atoms. The van der Waals surface area contributed by atoms with Crippen LogP contribution in [0.3, 0.4) is 0 Å². The number of hydrogen-bond acceptors (Lipinski definition) is 9. The minimum absolute atomic E-state index is 0.00146. The molecule has 0 fully saturated rings. The molecule has 12 heteroatoms. The van der Waals surface area contributed by atoms with E-state index in [1.165, 1.54) is 38.6 Å². The third-order valence-corrected chi connectivity index (χ3v) is 5.11. The predicted octanol–water partition coefficient (Wildman–Crippen LogP) is 1.73. The van der Waals surface area contributed by atoms with Crippen LogP contribution in [0.2, 0.25) is 0 Å². The highest BCUT2D eigenvalue weighted by Crippen LogP contribution is 2.31. The lowest BCUT2D eigenvalue weighted by Crippen LogP contribution is -2.17. The third kappa shape index (κ3) is 4.99. The molecule has 2 aromatic carbocycles. The highest BCUT2D eigenvalue weighted by atomic mass is 32.2. The van der Waals surface area contributed by atoms with E-state index in [-0.39, 0.29) is 27.9 Å². The van der Waals surface area contributed by atoms with E-state index in [1.54, 1.807) is 24.3 Å². The number of anilines is 4. The first kappa shape index (κ1) is 21.8. The lowest BCUT2D eigenvalue weighted by atomic mass is 10.2. The van der Waals surface area contributed by atoms with Gasteiger partial charge in [-0.15, -0.1) is 0 Å². The van der Waals surface area contributed by atoms with Gasteiger partial charge in [0, 0.05) is 18.0 Å². The Bertz CT molecular complexity index is 1230. The van der Waals surface area contributed by atoms with Gasteiger partial charge in [-0.3, -0.25) is 4.79 Å². The zero-order valence-electron chi connectivity index (χ0n) is 16.6. The van der Waals surface area contributed by atoms with E-state index in [2.05, 4.69) is 20.6 Å². The molecule has 0 aliphatic rings. The van der Waals surface area contributed by atoms with Crippen LogP contribution in [0.25, 0.3) is 0 Å². The van der Waals surface area contributed by atoms with E-state index >= 15 is 0 Å². The summed E-state index contributed by atoms with van der Waals surface area (Å²) in [4.78, 5) is 20.0. The fourth-order valence-electron chi connectivity index (χ4n) is 2.71. The molecule has 0 unspecified atom stereocenters. The van der Waals surface area contributed by atoms with Crippen LogP contribution in [-0.4, -0.2) is 38.5 Å². The lowest BCUT2D eigenvalue weighted by Gasteiger charge is -2.14. The van der Waals surface area contributed by atoms with E-state index in [1.807, 2.05) is 0 Å². The monoisotopic (exact) mass is 444 g/mol. The van der Waals surface area contributed by atoms with E-state index in [0.717, 1.165) is 0 Å². The Morgan fingerprint density at radius 1 is 1.03 bits per heavy atom. The van der Waals surface area contributed by atoms with Crippen LogP contribution in [-0.2, 0) is 10.0 Å². The highest BCUT2D eigenvalue weighted by Gasteiger charge is 2.18. The van der Waals surface area contributed by atoms with Crippen LogP contribution in [0.1, 0.15) is 10.4 Å². The van der Waals surface area contributed by atoms with E-state index < -0.39 is 15.9 Å². The Balaban J connectivity index is 1.99. The number of primary sulfonamides is 1. The Hall–Kier alpha value is -3.90. The number of sulfonamides is 1. The van der Waals surface area contributed by atoms with Gasteiger partial charge in [0.15, 0.2) is 11.5 Å². The number of aromatic nitrogens is 2. The second-order valence-electron chi connectivity index (χ2n) is 6.18. The highest BCUT2D eigenvalue weighted by molar-refractivity contribution is 7.89. The van der Waals surface area contributed by atoms with Gasteiger partial charge in [0.25, 0.3) is 5.91 Å². The van der Waals surface area contributed by atoms with Crippen molar-refractivity contribution < 1.29 is 22.7 Å². The van der Waals surface area contributed by atoms with Crippen molar-refractivity contribution in [1.82, 2.24) is 9.97 Å². The number of nitrogens with two attached hydrogens (primary N) is 2. The van der Waals surface area contributed by atoms with Crippen molar-refractivity contribution in [2.45, 2.75) is 4.90 Å². The summed E-state index contributed by atoms with van der Waals surface area (Å²) in [5.41, 5.74) is 6.08. The Morgan fingerprint density at radius 2 is 1.74 bits per heavy atom. The summed E-state index contributed by atoms with van der Waals surface area (Å²) in [7, 11) is -0.997. The molecule has 0 atom stereocenters. The van der Waals surface area contributed by atoms with Gasteiger partial charge in [0.1, 0.15) is 16.3 Å². The smallest absolute Gasteiger partial charge is 0.254 e. The van der Waals surface area contributed by atoms with Gasteiger partial charge in [0.2, 0.25) is 16.0 Å². The summed E-state index contributed by atoms with van der Waals surface area (Å²) in [5, 5.41) is 11.0. The molecule has 162 valence electrons. The molecule has 0 saturated carbocycles. The van der Waals surface area contributed by atoms with Crippen molar-refractivity contribution in [1.29, 1.82) is 0 Å². The SMILES string of the molecule is COc1ccc(Nc2ncc(C(N)=O)c(Nc3ccccc3S(N)(=O)=O)n2)cc1OC. The van der Waals surface area contributed by atoms with Gasteiger partial charge in [-0.2, -0.15) is 4.98 Å². The number of primary amides is 1. The third-order valence-electron chi connectivity index (χ3n) is 4.14. The number of methoxy groups -OCH3 is 2. The van der Waals surface area contributed by atoms with Crippen molar-refractivity contribution >= 4 is 39.1 Å². The van der Waals surface area contributed by atoms with Crippen molar-refractivity contribution in [2.75, 3.05) is 24.9 Å². The van der Waals surface area contributed by atoms with Crippen molar-refractivity contribution in [3.63, 3.8) is 0 Å². The second kappa shape index (κ2) is 8.85. The summed E-state index contributed by atoms with van der Waals surface area (Å²) in [6, 6.07) is 11.0. The molecular weight excluding hydrogens is 424 g/mol. The number of carbonyl (C=O) groups excluding carboxylic acids is 1. The maximum atomic E-state index is 11.9. The van der Waals surface area contributed by atoms with Gasteiger partial charge in [-0.1, -0.05) is 12.1 Å². The van der Waals surface area contributed by atoms with Crippen LogP contribution in [0.4, 0.5) is 23.1 Å². The predicted molar refractivity (Wildman–Crippen MR) is 114 cm³/mol. The standard InChI is InChI=1S/C19H20N6O5S/c1-29-14-8-7-11(9-15(14)30-2)23-19-22-10-12(17(20)26)18(25-19)24-13-5-3-4-6-16(13)31(21,27)28/h3-10H,1-2H3,(H2,20,26)(H2,21,27,28)(H2,22,23,24,25). The van der Waals surface area contributed by atoms with Gasteiger partial charge < -0.3 is 25.8 Å². The Morgan fingerprint density at radius 3 is 2.39 bits per heavy atom. The van der Waals surface area contributed by atoms with Crippen LogP contribution >= 0.6 is 0 Å². The topological polar surface area (TPSA) is 172 Å². The first-order valence-corrected chi connectivity index (χ1v) is 10.3. The summed E-state index contributed by atoms with van der Waals surface area (Å²) >= 11 is 0. The molecule has 1 aromatic heterocycles. The van der Waals surface area contributed by atoms with Gasteiger partial charge >= 0.3 is 0 Å². The zero-order chi connectivity index (χ0) is 22.6. The summed E-state index contributed by atoms with van der Waals surface area (Å²) in [5.74, 6) is 0.351. The molecule has 31 heavy (non-hydrogen) atoms. The number of nitrogens with zero attached hydrogens (tertiary/aromatic N) is 2. The van der Waals surface area contributed by atoms with Crippen molar-refractivity contribution in [2.24, 2.45) is 10.9 Å². The average Bonchev–Trinajstić information content (AvgIpc) is 2.73. The largest absolute Gasteiger partial charge is 0.493 e. The minimum atomic E-state index is -4.02. The number of nitrogens with one attached hydrogen (secondary N) is 2. The minimum Gasteiger partial charge on any atom is -0.493 e. The van der Waals surface area contributed by atoms with Crippen LogP contribution < -0.4 is 31.0 Å². The fourth-order valence-corrected chi connectivity index (χ4v) is 3.40. The zero-order valence-corrected chi connectivity index (χ0v) is 17.4.